The molecule has 0 saturated carbocycles. The summed E-state index contributed by atoms with van der Waals surface area (Å²) in [5, 5.41) is 13.3. The molecule has 0 saturated heterocycles. The number of hydrazine groups is 1. The van der Waals surface area contributed by atoms with Crippen molar-refractivity contribution < 1.29 is 0 Å². The van der Waals surface area contributed by atoms with Crippen LogP contribution in [0.5, 0.6) is 0 Å². The van der Waals surface area contributed by atoms with E-state index in [1.54, 1.807) is 23.0 Å². The van der Waals surface area contributed by atoms with Crippen molar-refractivity contribution in [2.75, 3.05) is 5.43 Å². The average molecular weight is 276 g/mol. The Labute approximate surface area is 121 Å². The number of nitrogens with zero attached hydrogens (tertiary/aromatic N) is 4. The van der Waals surface area contributed by atoms with Gasteiger partial charge in [0.25, 0.3) is 0 Å². The van der Waals surface area contributed by atoms with Crippen molar-refractivity contribution in [2.45, 2.75) is 0 Å². The molecule has 0 spiro atoms. The van der Waals surface area contributed by atoms with Gasteiger partial charge < -0.3 is 5.43 Å². The lowest BCUT2D eigenvalue weighted by Gasteiger charge is -2.04. The Morgan fingerprint density at radius 1 is 1.14 bits per heavy atom. The number of benzene rings is 1. The molecule has 0 aliphatic heterocycles. The van der Waals surface area contributed by atoms with Crippen molar-refractivity contribution in [1.29, 1.82) is 5.26 Å². The summed E-state index contributed by atoms with van der Waals surface area (Å²) in [5.41, 5.74) is 5.35. The second kappa shape index (κ2) is 5.45. The highest BCUT2D eigenvalue weighted by Gasteiger charge is 2.08. The van der Waals surface area contributed by atoms with E-state index in [4.69, 9.17) is 11.1 Å². The van der Waals surface area contributed by atoms with Gasteiger partial charge in [0.15, 0.2) is 5.82 Å². The van der Waals surface area contributed by atoms with Crippen LogP contribution in [0, 0.1) is 11.3 Å². The van der Waals surface area contributed by atoms with E-state index in [1.807, 2.05) is 42.6 Å². The molecule has 0 radical (unpaired) electrons. The summed E-state index contributed by atoms with van der Waals surface area (Å²) < 4.78 is 1.77. The molecule has 0 unspecified atom stereocenters. The van der Waals surface area contributed by atoms with Gasteiger partial charge >= 0.3 is 0 Å². The lowest BCUT2D eigenvalue weighted by Crippen LogP contribution is -2.10. The van der Waals surface area contributed by atoms with E-state index in [0.717, 1.165) is 11.3 Å². The van der Waals surface area contributed by atoms with Gasteiger partial charge in [-0.15, -0.1) is 0 Å². The average Bonchev–Trinajstić information content (AvgIpc) is 3.05. The van der Waals surface area contributed by atoms with Crippen molar-refractivity contribution in [3.63, 3.8) is 0 Å². The van der Waals surface area contributed by atoms with Crippen LogP contribution in [-0.2, 0) is 0 Å². The van der Waals surface area contributed by atoms with Crippen molar-refractivity contribution in [2.24, 2.45) is 5.84 Å². The highest BCUT2D eigenvalue weighted by molar-refractivity contribution is 5.63. The Hall–Kier alpha value is -3.17. The van der Waals surface area contributed by atoms with Gasteiger partial charge in [-0.3, -0.25) is 0 Å². The fraction of sp³-hybridized carbons (Fsp3) is 0. The molecule has 0 aliphatic rings. The number of hydrogen-bond donors (Lipinski definition) is 2. The fourth-order valence-electron chi connectivity index (χ4n) is 2.00. The van der Waals surface area contributed by atoms with Crippen LogP contribution < -0.4 is 11.3 Å². The van der Waals surface area contributed by atoms with Crippen LogP contribution in [0.15, 0.2) is 54.9 Å². The van der Waals surface area contributed by atoms with E-state index in [2.05, 4.69) is 15.5 Å². The van der Waals surface area contributed by atoms with Gasteiger partial charge in [-0.1, -0.05) is 18.2 Å². The predicted octanol–water partition coefficient (Wildman–Crippen LogP) is 2.09. The lowest BCUT2D eigenvalue weighted by molar-refractivity contribution is 0.881. The summed E-state index contributed by atoms with van der Waals surface area (Å²) in [6.45, 7) is 0. The number of nitrogen functional groups attached to an aromatic ring is 1. The van der Waals surface area contributed by atoms with Crippen LogP contribution in [0.2, 0.25) is 0 Å². The van der Waals surface area contributed by atoms with E-state index in [0.29, 0.717) is 17.1 Å². The molecule has 3 N–H and O–H groups in total. The smallest absolute Gasteiger partial charge is 0.158 e. The van der Waals surface area contributed by atoms with Crippen LogP contribution in [0.3, 0.4) is 0 Å². The van der Waals surface area contributed by atoms with Crippen LogP contribution >= 0.6 is 0 Å². The summed E-state index contributed by atoms with van der Waals surface area (Å²) in [4.78, 5) is 4.33. The Kier molecular flexibility index (Phi) is 3.33. The van der Waals surface area contributed by atoms with Gasteiger partial charge in [0.05, 0.1) is 23.1 Å². The summed E-state index contributed by atoms with van der Waals surface area (Å²) in [6.07, 6.45) is 3.60. The Morgan fingerprint density at radius 2 is 1.95 bits per heavy atom. The zero-order valence-electron chi connectivity index (χ0n) is 11.1. The van der Waals surface area contributed by atoms with Crippen molar-refractivity contribution in [3.8, 4) is 23.0 Å². The third kappa shape index (κ3) is 2.45. The number of pyridine rings is 1. The normalized spacial score (nSPS) is 10.1. The molecule has 2 heterocycles. The molecule has 6 nitrogen and oxygen atoms in total. The minimum absolute atomic E-state index is 0.350. The van der Waals surface area contributed by atoms with Crippen LogP contribution in [0.25, 0.3) is 16.9 Å². The molecule has 3 rings (SSSR count). The highest BCUT2D eigenvalue weighted by atomic mass is 15.3. The number of anilines is 1. The third-order valence-electron chi connectivity index (χ3n) is 3.05. The number of hydrogen-bond acceptors (Lipinski definition) is 5. The monoisotopic (exact) mass is 276 g/mol. The highest BCUT2D eigenvalue weighted by Crippen LogP contribution is 2.21. The van der Waals surface area contributed by atoms with Gasteiger partial charge in [0.2, 0.25) is 0 Å². The molecule has 2 aromatic heterocycles. The Morgan fingerprint density at radius 3 is 2.67 bits per heavy atom. The zero-order chi connectivity index (χ0) is 14.7. The minimum atomic E-state index is 0.350. The molecule has 0 atom stereocenters. The molecular weight excluding hydrogens is 264 g/mol. The van der Waals surface area contributed by atoms with E-state index in [9.17, 15) is 0 Å². The molecule has 102 valence electrons. The number of nitriles is 1. The summed E-state index contributed by atoms with van der Waals surface area (Å²) in [6, 6.07) is 15.3. The maximum Gasteiger partial charge on any atom is 0.158 e. The number of aromatic nitrogens is 3. The molecule has 0 bridgehead atoms. The van der Waals surface area contributed by atoms with Gasteiger partial charge in [-0.05, 0) is 24.3 Å². The molecule has 6 heteroatoms. The first-order valence-electron chi connectivity index (χ1n) is 6.30. The summed E-state index contributed by atoms with van der Waals surface area (Å²) >= 11 is 0. The molecule has 1 aromatic carbocycles. The standard InChI is InChI=1S/C15H12N6/c16-8-11-6-7-14(19-15(11)20-17)12-9-18-21(10-12)13-4-2-1-3-5-13/h1-7,9-10H,17H2,(H,19,20). The maximum absolute atomic E-state index is 8.96. The number of para-hydroxylation sites is 1. The van der Waals surface area contributed by atoms with Crippen molar-refractivity contribution in [1.82, 2.24) is 14.8 Å². The first-order chi connectivity index (χ1) is 10.3. The second-order valence-corrected chi connectivity index (χ2v) is 4.36. The lowest BCUT2D eigenvalue weighted by atomic mass is 10.2. The maximum atomic E-state index is 8.96. The molecule has 0 aliphatic carbocycles. The van der Waals surface area contributed by atoms with E-state index < -0.39 is 0 Å². The van der Waals surface area contributed by atoms with Crippen LogP contribution in [0.4, 0.5) is 5.82 Å². The van der Waals surface area contributed by atoms with E-state index >= 15 is 0 Å². The van der Waals surface area contributed by atoms with Gasteiger partial charge in [0.1, 0.15) is 6.07 Å². The van der Waals surface area contributed by atoms with Gasteiger partial charge in [-0.25, -0.2) is 15.5 Å². The molecule has 0 fully saturated rings. The molecular formula is C15H12N6. The molecule has 0 amide bonds. The first-order valence-corrected chi connectivity index (χ1v) is 6.30. The SMILES string of the molecule is N#Cc1ccc(-c2cnn(-c3ccccc3)c2)nc1NN. The molecule has 3 aromatic rings. The first kappa shape index (κ1) is 12.8. The molecule has 21 heavy (non-hydrogen) atoms. The number of nitrogens with one attached hydrogen (secondary N) is 1. The fourth-order valence-corrected chi connectivity index (χ4v) is 2.00. The van der Waals surface area contributed by atoms with Gasteiger partial charge in [0, 0.05) is 11.8 Å². The summed E-state index contributed by atoms with van der Waals surface area (Å²) in [7, 11) is 0. The topological polar surface area (TPSA) is 92.5 Å². The Balaban J connectivity index is 1.99. The largest absolute Gasteiger partial charge is 0.307 e. The predicted molar refractivity (Wildman–Crippen MR) is 79.3 cm³/mol. The Bertz CT molecular complexity index is 801. The number of rotatable bonds is 3. The number of nitrogens with two attached hydrogens (primary N) is 1. The third-order valence-corrected chi connectivity index (χ3v) is 3.05. The second-order valence-electron chi connectivity index (χ2n) is 4.36. The van der Waals surface area contributed by atoms with E-state index in [-0.39, 0.29) is 0 Å². The van der Waals surface area contributed by atoms with Crippen LogP contribution in [0.1, 0.15) is 5.56 Å². The van der Waals surface area contributed by atoms with Crippen molar-refractivity contribution in [3.05, 3.63) is 60.4 Å². The minimum Gasteiger partial charge on any atom is -0.307 e. The van der Waals surface area contributed by atoms with E-state index in [1.165, 1.54) is 0 Å². The zero-order valence-corrected chi connectivity index (χ0v) is 11.1. The van der Waals surface area contributed by atoms with Crippen molar-refractivity contribution >= 4 is 5.82 Å². The summed E-state index contributed by atoms with van der Waals surface area (Å²) in [5.74, 6) is 5.73. The van der Waals surface area contributed by atoms with Gasteiger partial charge in [-0.2, -0.15) is 10.4 Å². The quantitative estimate of drug-likeness (QED) is 0.564. The van der Waals surface area contributed by atoms with Crippen LogP contribution in [-0.4, -0.2) is 14.8 Å².